The molecule has 1 saturated heterocycles. The summed E-state index contributed by atoms with van der Waals surface area (Å²) in [6, 6.07) is 0.771. The van der Waals surface area contributed by atoms with E-state index in [0.717, 1.165) is 12.0 Å². The van der Waals surface area contributed by atoms with Gasteiger partial charge in [0, 0.05) is 19.1 Å². The van der Waals surface area contributed by atoms with E-state index in [1.54, 1.807) is 0 Å². The average molecular weight is 169 g/mol. The van der Waals surface area contributed by atoms with Crippen molar-refractivity contribution in [3.05, 3.63) is 0 Å². The van der Waals surface area contributed by atoms with Crippen molar-refractivity contribution in [1.82, 2.24) is 4.90 Å². The fraction of sp³-hybridized carbons (Fsp3) is 1.00. The zero-order chi connectivity index (χ0) is 8.97. The van der Waals surface area contributed by atoms with Gasteiger partial charge in [0.2, 0.25) is 0 Å². The molecule has 0 radical (unpaired) electrons. The van der Waals surface area contributed by atoms with Crippen LogP contribution in [0.5, 0.6) is 0 Å². The Morgan fingerprint density at radius 3 is 2.42 bits per heavy atom. The number of rotatable bonds is 5. The molecular formula is C11H23N. The van der Waals surface area contributed by atoms with Crippen LogP contribution in [0.25, 0.3) is 0 Å². The summed E-state index contributed by atoms with van der Waals surface area (Å²) in [7, 11) is 0. The number of hydrogen-bond acceptors (Lipinski definition) is 1. The van der Waals surface area contributed by atoms with Gasteiger partial charge in [0.05, 0.1) is 0 Å². The fourth-order valence-corrected chi connectivity index (χ4v) is 1.90. The fourth-order valence-electron chi connectivity index (χ4n) is 1.90. The minimum Gasteiger partial charge on any atom is -0.300 e. The Morgan fingerprint density at radius 2 is 1.92 bits per heavy atom. The molecule has 0 aromatic carbocycles. The molecule has 0 saturated carbocycles. The van der Waals surface area contributed by atoms with E-state index in [2.05, 4.69) is 25.7 Å². The molecule has 0 bridgehead atoms. The van der Waals surface area contributed by atoms with Gasteiger partial charge in [-0.05, 0) is 26.2 Å². The van der Waals surface area contributed by atoms with Gasteiger partial charge in [0.15, 0.2) is 0 Å². The van der Waals surface area contributed by atoms with Gasteiger partial charge in [-0.3, -0.25) is 0 Å². The van der Waals surface area contributed by atoms with Crippen molar-refractivity contribution in [3.8, 4) is 0 Å². The highest BCUT2D eigenvalue weighted by Crippen LogP contribution is 2.23. The third-order valence-electron chi connectivity index (χ3n) is 2.93. The smallest absolute Gasteiger partial charge is 0.00388 e. The monoisotopic (exact) mass is 169 g/mol. The van der Waals surface area contributed by atoms with Gasteiger partial charge in [-0.1, -0.05) is 26.2 Å². The lowest BCUT2D eigenvalue weighted by atomic mass is 9.92. The van der Waals surface area contributed by atoms with Crippen LogP contribution in [-0.2, 0) is 0 Å². The van der Waals surface area contributed by atoms with Gasteiger partial charge >= 0.3 is 0 Å². The largest absolute Gasteiger partial charge is 0.300 e. The molecule has 0 aliphatic carbocycles. The van der Waals surface area contributed by atoms with E-state index in [4.69, 9.17) is 0 Å². The first kappa shape index (κ1) is 10.0. The van der Waals surface area contributed by atoms with Gasteiger partial charge in [-0.2, -0.15) is 0 Å². The topological polar surface area (TPSA) is 3.24 Å². The van der Waals surface area contributed by atoms with E-state index in [1.807, 2.05) is 0 Å². The van der Waals surface area contributed by atoms with Gasteiger partial charge < -0.3 is 4.90 Å². The first-order chi connectivity index (χ1) is 5.74. The standard InChI is InChI=1S/C11H23N/c1-4-5-6-7-11-8-12(9-11)10(2)3/h10-11H,4-9H2,1-3H3. The van der Waals surface area contributed by atoms with Crippen LogP contribution in [-0.4, -0.2) is 24.0 Å². The molecule has 1 heterocycles. The molecule has 0 aromatic heterocycles. The van der Waals surface area contributed by atoms with Crippen LogP contribution in [0.15, 0.2) is 0 Å². The van der Waals surface area contributed by atoms with Crippen LogP contribution < -0.4 is 0 Å². The molecule has 1 aliphatic heterocycles. The minimum absolute atomic E-state index is 0.771. The molecule has 12 heavy (non-hydrogen) atoms. The van der Waals surface area contributed by atoms with Gasteiger partial charge in [0.1, 0.15) is 0 Å². The third kappa shape index (κ3) is 2.78. The van der Waals surface area contributed by atoms with Crippen LogP contribution in [0.4, 0.5) is 0 Å². The number of likely N-dealkylation sites (tertiary alicyclic amines) is 1. The molecule has 1 heteroatoms. The summed E-state index contributed by atoms with van der Waals surface area (Å²) >= 11 is 0. The highest BCUT2D eigenvalue weighted by molar-refractivity contribution is 4.81. The number of hydrogen-bond donors (Lipinski definition) is 0. The summed E-state index contributed by atoms with van der Waals surface area (Å²) in [6.45, 7) is 9.59. The second kappa shape index (κ2) is 4.86. The first-order valence-electron chi connectivity index (χ1n) is 5.48. The summed E-state index contributed by atoms with van der Waals surface area (Å²) in [6.07, 6.45) is 5.71. The van der Waals surface area contributed by atoms with Crippen LogP contribution in [0.2, 0.25) is 0 Å². The van der Waals surface area contributed by atoms with Crippen molar-refractivity contribution in [1.29, 1.82) is 0 Å². The van der Waals surface area contributed by atoms with Crippen molar-refractivity contribution in [2.75, 3.05) is 13.1 Å². The van der Waals surface area contributed by atoms with Crippen molar-refractivity contribution < 1.29 is 0 Å². The summed E-state index contributed by atoms with van der Waals surface area (Å²) in [5.74, 6) is 1.03. The number of unbranched alkanes of at least 4 members (excludes halogenated alkanes) is 2. The van der Waals surface area contributed by atoms with Crippen molar-refractivity contribution in [2.24, 2.45) is 5.92 Å². The van der Waals surface area contributed by atoms with E-state index < -0.39 is 0 Å². The molecule has 0 atom stereocenters. The normalized spacial score (nSPS) is 20.0. The van der Waals surface area contributed by atoms with Gasteiger partial charge in [0.25, 0.3) is 0 Å². The lowest BCUT2D eigenvalue weighted by Crippen LogP contribution is -2.49. The molecule has 0 unspecified atom stereocenters. The van der Waals surface area contributed by atoms with E-state index in [-0.39, 0.29) is 0 Å². The van der Waals surface area contributed by atoms with Crippen LogP contribution in [0.1, 0.15) is 46.5 Å². The summed E-state index contributed by atoms with van der Waals surface area (Å²) in [5.41, 5.74) is 0. The predicted octanol–water partition coefficient (Wildman–Crippen LogP) is 2.91. The Bertz CT molecular complexity index is 114. The average Bonchev–Trinajstić information content (AvgIpc) is 1.93. The Balaban J connectivity index is 1.95. The predicted molar refractivity (Wildman–Crippen MR) is 54.3 cm³/mol. The molecule has 1 fully saturated rings. The Kier molecular flexibility index (Phi) is 4.07. The minimum atomic E-state index is 0.771. The van der Waals surface area contributed by atoms with E-state index in [0.29, 0.717) is 0 Å². The maximum absolute atomic E-state index is 2.57. The van der Waals surface area contributed by atoms with Gasteiger partial charge in [-0.25, -0.2) is 0 Å². The zero-order valence-electron chi connectivity index (χ0n) is 8.84. The second-order valence-electron chi connectivity index (χ2n) is 4.41. The van der Waals surface area contributed by atoms with Crippen LogP contribution in [0.3, 0.4) is 0 Å². The van der Waals surface area contributed by atoms with Gasteiger partial charge in [-0.15, -0.1) is 0 Å². The Hall–Kier alpha value is -0.0400. The maximum Gasteiger partial charge on any atom is 0.00388 e. The summed E-state index contributed by atoms with van der Waals surface area (Å²) in [4.78, 5) is 2.57. The zero-order valence-corrected chi connectivity index (χ0v) is 8.84. The Labute approximate surface area is 77.1 Å². The van der Waals surface area contributed by atoms with E-state index in [9.17, 15) is 0 Å². The van der Waals surface area contributed by atoms with Crippen molar-refractivity contribution in [3.63, 3.8) is 0 Å². The lowest BCUT2D eigenvalue weighted by Gasteiger charge is -2.42. The quantitative estimate of drug-likeness (QED) is 0.572. The van der Waals surface area contributed by atoms with Crippen LogP contribution >= 0.6 is 0 Å². The molecule has 0 amide bonds. The molecule has 0 N–H and O–H groups in total. The maximum atomic E-state index is 2.57. The highest BCUT2D eigenvalue weighted by atomic mass is 15.2. The molecule has 1 aliphatic rings. The third-order valence-corrected chi connectivity index (χ3v) is 2.93. The Morgan fingerprint density at radius 1 is 1.25 bits per heavy atom. The summed E-state index contributed by atoms with van der Waals surface area (Å²) < 4.78 is 0. The molecule has 0 aromatic rings. The van der Waals surface area contributed by atoms with Crippen molar-refractivity contribution in [2.45, 2.75) is 52.5 Å². The number of nitrogens with zero attached hydrogens (tertiary/aromatic N) is 1. The van der Waals surface area contributed by atoms with Crippen LogP contribution in [0, 0.1) is 5.92 Å². The molecule has 72 valence electrons. The molecular weight excluding hydrogens is 146 g/mol. The molecule has 1 nitrogen and oxygen atoms in total. The van der Waals surface area contributed by atoms with E-state index in [1.165, 1.54) is 38.8 Å². The highest BCUT2D eigenvalue weighted by Gasteiger charge is 2.27. The molecule has 1 rings (SSSR count). The molecule has 0 spiro atoms. The SMILES string of the molecule is CCCCCC1CN(C(C)C)C1. The lowest BCUT2D eigenvalue weighted by molar-refractivity contribution is 0.0613. The van der Waals surface area contributed by atoms with Crippen molar-refractivity contribution >= 4 is 0 Å². The first-order valence-corrected chi connectivity index (χ1v) is 5.48. The summed E-state index contributed by atoms with van der Waals surface area (Å²) in [5, 5.41) is 0. The van der Waals surface area contributed by atoms with E-state index >= 15 is 0 Å². The second-order valence-corrected chi connectivity index (χ2v) is 4.41.